The normalized spacial score (nSPS) is 10.4. The Morgan fingerprint density at radius 2 is 2.32 bits per heavy atom. The maximum Gasteiger partial charge on any atom is 0.252 e. The van der Waals surface area contributed by atoms with E-state index >= 15 is 0 Å². The summed E-state index contributed by atoms with van der Waals surface area (Å²) in [6.07, 6.45) is 4.41. The largest absolute Gasteiger partial charge is 0.399 e. The Morgan fingerprint density at radius 1 is 1.47 bits per heavy atom. The Labute approximate surface area is 116 Å². The Morgan fingerprint density at radius 3 is 3.05 bits per heavy atom. The number of nitrogens with zero attached hydrogens (tertiary/aromatic N) is 2. The Hall–Kier alpha value is -2.01. The first-order valence-corrected chi connectivity index (χ1v) is 6.35. The molecule has 0 saturated heterocycles. The second kappa shape index (κ2) is 6.24. The zero-order valence-electron chi connectivity index (χ0n) is 10.3. The van der Waals surface area contributed by atoms with E-state index in [0.717, 1.165) is 13.0 Å². The summed E-state index contributed by atoms with van der Waals surface area (Å²) in [5, 5.41) is 7.29. The minimum Gasteiger partial charge on any atom is -0.399 e. The predicted molar refractivity (Wildman–Crippen MR) is 75.0 cm³/mol. The second-order valence-electron chi connectivity index (χ2n) is 4.12. The molecular weight excluding hydrogens is 264 g/mol. The van der Waals surface area contributed by atoms with Gasteiger partial charge in [-0.2, -0.15) is 5.10 Å². The molecule has 3 N–H and O–H groups in total. The Balaban J connectivity index is 1.82. The van der Waals surface area contributed by atoms with Gasteiger partial charge in [0.25, 0.3) is 5.91 Å². The van der Waals surface area contributed by atoms with Crippen LogP contribution in [0.25, 0.3) is 0 Å². The molecule has 1 amide bonds. The van der Waals surface area contributed by atoms with Crippen molar-refractivity contribution >= 4 is 23.2 Å². The summed E-state index contributed by atoms with van der Waals surface area (Å²) in [7, 11) is 0. The lowest BCUT2D eigenvalue weighted by Gasteiger charge is -2.07. The van der Waals surface area contributed by atoms with Crippen molar-refractivity contribution in [2.75, 3.05) is 12.3 Å². The molecule has 5 nitrogen and oxygen atoms in total. The summed E-state index contributed by atoms with van der Waals surface area (Å²) in [6.45, 7) is 1.32. The number of anilines is 1. The molecular formula is C13H15ClN4O. The molecule has 0 atom stereocenters. The predicted octanol–water partition coefficient (Wildman–Crippen LogP) is 1.94. The van der Waals surface area contributed by atoms with Crippen molar-refractivity contribution in [3.8, 4) is 0 Å². The second-order valence-corrected chi connectivity index (χ2v) is 4.53. The quantitative estimate of drug-likeness (QED) is 0.648. The standard InChI is InChI=1S/C13H15ClN4O/c14-12-4-3-10(15)9-11(12)13(19)16-5-1-7-18-8-2-6-17-18/h2-4,6,8-9H,1,5,7,15H2,(H,16,19). The van der Waals surface area contributed by atoms with Gasteiger partial charge >= 0.3 is 0 Å². The van der Waals surface area contributed by atoms with Crippen molar-refractivity contribution in [3.05, 3.63) is 47.2 Å². The van der Waals surface area contributed by atoms with Gasteiger partial charge in [-0.3, -0.25) is 9.48 Å². The molecule has 2 rings (SSSR count). The summed E-state index contributed by atoms with van der Waals surface area (Å²) in [6, 6.07) is 6.72. The topological polar surface area (TPSA) is 72.9 Å². The lowest BCUT2D eigenvalue weighted by molar-refractivity contribution is 0.0953. The van der Waals surface area contributed by atoms with E-state index in [1.165, 1.54) is 0 Å². The highest BCUT2D eigenvalue weighted by Crippen LogP contribution is 2.18. The highest BCUT2D eigenvalue weighted by Gasteiger charge is 2.09. The fraction of sp³-hybridized carbons (Fsp3) is 0.231. The number of nitrogens with two attached hydrogens (primary N) is 1. The Bertz CT molecular complexity index is 554. The molecule has 0 unspecified atom stereocenters. The molecule has 0 radical (unpaired) electrons. The number of halogens is 1. The molecule has 0 bridgehead atoms. The maximum absolute atomic E-state index is 11.9. The third kappa shape index (κ3) is 3.72. The van der Waals surface area contributed by atoms with Gasteiger partial charge in [-0.1, -0.05) is 11.6 Å². The highest BCUT2D eigenvalue weighted by atomic mass is 35.5. The van der Waals surface area contributed by atoms with Crippen LogP contribution in [0.2, 0.25) is 5.02 Å². The van der Waals surface area contributed by atoms with Crippen molar-refractivity contribution < 1.29 is 4.79 Å². The van der Waals surface area contributed by atoms with Crippen LogP contribution >= 0.6 is 11.6 Å². The third-order valence-corrected chi connectivity index (χ3v) is 2.97. The number of aryl methyl sites for hydroxylation is 1. The number of benzene rings is 1. The van der Waals surface area contributed by atoms with Gasteiger partial charge in [0.2, 0.25) is 0 Å². The van der Waals surface area contributed by atoms with Crippen molar-refractivity contribution in [3.63, 3.8) is 0 Å². The molecule has 0 spiro atoms. The summed E-state index contributed by atoms with van der Waals surface area (Å²) in [4.78, 5) is 11.9. The zero-order valence-corrected chi connectivity index (χ0v) is 11.1. The van der Waals surface area contributed by atoms with Crippen LogP contribution in [0.5, 0.6) is 0 Å². The molecule has 1 heterocycles. The van der Waals surface area contributed by atoms with Crippen LogP contribution in [0.1, 0.15) is 16.8 Å². The number of nitrogens with one attached hydrogen (secondary N) is 1. The van der Waals surface area contributed by atoms with Gasteiger partial charge in [0, 0.05) is 31.2 Å². The molecule has 19 heavy (non-hydrogen) atoms. The van der Waals surface area contributed by atoms with Crippen LogP contribution < -0.4 is 11.1 Å². The minimum absolute atomic E-state index is 0.210. The summed E-state index contributed by atoms with van der Waals surface area (Å²) in [5.74, 6) is -0.210. The zero-order chi connectivity index (χ0) is 13.7. The number of rotatable bonds is 5. The van der Waals surface area contributed by atoms with Crippen molar-refractivity contribution in [2.45, 2.75) is 13.0 Å². The Kier molecular flexibility index (Phi) is 4.41. The lowest BCUT2D eigenvalue weighted by atomic mass is 10.2. The van der Waals surface area contributed by atoms with Crippen LogP contribution in [0, 0.1) is 0 Å². The number of aromatic nitrogens is 2. The average Bonchev–Trinajstić information content (AvgIpc) is 2.90. The van der Waals surface area contributed by atoms with E-state index in [0.29, 0.717) is 22.8 Å². The first-order valence-electron chi connectivity index (χ1n) is 5.97. The SMILES string of the molecule is Nc1ccc(Cl)c(C(=O)NCCCn2cccn2)c1. The molecule has 2 aromatic rings. The van der Waals surface area contributed by atoms with E-state index in [-0.39, 0.29) is 5.91 Å². The maximum atomic E-state index is 11.9. The number of carbonyl (C=O) groups excluding carboxylic acids is 1. The fourth-order valence-electron chi connectivity index (χ4n) is 1.69. The molecule has 0 aliphatic rings. The summed E-state index contributed by atoms with van der Waals surface area (Å²) < 4.78 is 1.82. The highest BCUT2D eigenvalue weighted by molar-refractivity contribution is 6.34. The first kappa shape index (κ1) is 13.4. The van der Waals surface area contributed by atoms with Gasteiger partial charge in [-0.15, -0.1) is 0 Å². The van der Waals surface area contributed by atoms with E-state index in [4.69, 9.17) is 17.3 Å². The van der Waals surface area contributed by atoms with E-state index < -0.39 is 0 Å². The third-order valence-electron chi connectivity index (χ3n) is 2.64. The molecule has 0 aliphatic heterocycles. The van der Waals surface area contributed by atoms with Gasteiger partial charge in [0.05, 0.1) is 10.6 Å². The first-order chi connectivity index (χ1) is 9.16. The molecule has 1 aromatic heterocycles. The number of amides is 1. The van der Waals surface area contributed by atoms with Crippen molar-refractivity contribution in [2.24, 2.45) is 0 Å². The van der Waals surface area contributed by atoms with Gasteiger partial charge < -0.3 is 11.1 Å². The van der Waals surface area contributed by atoms with Gasteiger partial charge in [0.1, 0.15) is 0 Å². The molecule has 0 saturated carbocycles. The van der Waals surface area contributed by atoms with E-state index in [1.54, 1.807) is 24.4 Å². The smallest absolute Gasteiger partial charge is 0.252 e. The number of carbonyl (C=O) groups is 1. The fourth-order valence-corrected chi connectivity index (χ4v) is 1.89. The van der Waals surface area contributed by atoms with Gasteiger partial charge in [0.15, 0.2) is 0 Å². The monoisotopic (exact) mass is 278 g/mol. The van der Waals surface area contributed by atoms with Crippen LogP contribution in [-0.4, -0.2) is 22.2 Å². The van der Waals surface area contributed by atoms with Gasteiger partial charge in [-0.05, 0) is 30.7 Å². The average molecular weight is 279 g/mol. The number of nitrogen functional groups attached to an aromatic ring is 1. The van der Waals surface area contributed by atoms with E-state index in [2.05, 4.69) is 10.4 Å². The molecule has 100 valence electrons. The molecule has 0 fully saturated rings. The summed E-state index contributed by atoms with van der Waals surface area (Å²) in [5.41, 5.74) is 6.56. The number of hydrogen-bond acceptors (Lipinski definition) is 3. The minimum atomic E-state index is -0.210. The lowest BCUT2D eigenvalue weighted by Crippen LogP contribution is -2.25. The number of hydrogen-bond donors (Lipinski definition) is 2. The molecule has 0 aliphatic carbocycles. The van der Waals surface area contributed by atoms with E-state index in [1.807, 2.05) is 16.9 Å². The van der Waals surface area contributed by atoms with Crippen molar-refractivity contribution in [1.82, 2.24) is 15.1 Å². The van der Waals surface area contributed by atoms with Gasteiger partial charge in [-0.25, -0.2) is 0 Å². The van der Waals surface area contributed by atoms with Crippen LogP contribution in [-0.2, 0) is 6.54 Å². The van der Waals surface area contributed by atoms with Crippen LogP contribution in [0.15, 0.2) is 36.7 Å². The van der Waals surface area contributed by atoms with E-state index in [9.17, 15) is 4.79 Å². The van der Waals surface area contributed by atoms with Crippen molar-refractivity contribution in [1.29, 1.82) is 0 Å². The van der Waals surface area contributed by atoms with Crippen LogP contribution in [0.4, 0.5) is 5.69 Å². The van der Waals surface area contributed by atoms with Crippen LogP contribution in [0.3, 0.4) is 0 Å². The molecule has 1 aromatic carbocycles. The summed E-state index contributed by atoms with van der Waals surface area (Å²) >= 11 is 5.95. The molecule has 6 heteroatoms.